The molecule has 0 saturated heterocycles. The maximum atomic E-state index is 12.8. The quantitative estimate of drug-likeness (QED) is 0.270. The summed E-state index contributed by atoms with van der Waals surface area (Å²) in [4.78, 5) is 18.6. The van der Waals surface area contributed by atoms with Gasteiger partial charge >= 0.3 is 0 Å². The van der Waals surface area contributed by atoms with Crippen molar-refractivity contribution < 1.29 is 14.3 Å². The highest BCUT2D eigenvalue weighted by Crippen LogP contribution is 2.34. The van der Waals surface area contributed by atoms with E-state index < -0.39 is 5.91 Å². The van der Waals surface area contributed by atoms with Gasteiger partial charge in [-0.15, -0.1) is 0 Å². The molecule has 0 bridgehead atoms. The molecule has 186 valence electrons. The Balaban J connectivity index is 1.34. The lowest BCUT2D eigenvalue weighted by molar-refractivity contribution is -0.114. The number of amides is 1. The number of hydrogen-bond acceptors (Lipinski definition) is 7. The number of ether oxygens (including phenoxy) is 2. The SMILES string of the molecule is COc1cc(/C=C2/C(=N)N3C(SCc4ccccc4)=NSC3=NC2=O)ccc1OCc1ccccc1Cl. The number of nitrogens with zero attached hydrogens (tertiary/aromatic N) is 3. The lowest BCUT2D eigenvalue weighted by Gasteiger charge is -2.24. The van der Waals surface area contributed by atoms with Gasteiger partial charge in [-0.3, -0.25) is 10.2 Å². The fourth-order valence-corrected chi connectivity index (χ4v) is 5.64. The predicted molar refractivity (Wildman–Crippen MR) is 152 cm³/mol. The van der Waals surface area contributed by atoms with Crippen molar-refractivity contribution in [1.82, 2.24) is 4.90 Å². The topological polar surface area (TPSA) is 87.3 Å². The Kier molecular flexibility index (Phi) is 7.64. The number of carbonyl (C=O) groups is 1. The van der Waals surface area contributed by atoms with Gasteiger partial charge in [0, 0.05) is 16.3 Å². The summed E-state index contributed by atoms with van der Waals surface area (Å²) in [5.74, 6) is 1.29. The minimum atomic E-state index is -0.480. The molecule has 2 aliphatic heterocycles. The number of methoxy groups -OCH3 is 1. The zero-order valence-electron chi connectivity index (χ0n) is 19.7. The molecule has 0 spiro atoms. The van der Waals surface area contributed by atoms with Crippen LogP contribution in [0.25, 0.3) is 6.08 Å². The van der Waals surface area contributed by atoms with E-state index in [-0.39, 0.29) is 18.0 Å². The van der Waals surface area contributed by atoms with Crippen LogP contribution in [0, 0.1) is 5.41 Å². The minimum Gasteiger partial charge on any atom is -0.493 e. The molecule has 7 nitrogen and oxygen atoms in total. The normalized spacial score (nSPS) is 15.9. The third kappa shape index (κ3) is 5.58. The van der Waals surface area contributed by atoms with Crippen molar-refractivity contribution in [3.05, 3.63) is 100 Å². The summed E-state index contributed by atoms with van der Waals surface area (Å²) in [6.45, 7) is 0.284. The smallest absolute Gasteiger partial charge is 0.283 e. The molecule has 2 aliphatic rings. The standard InChI is InChI=1S/C27H21ClN4O3S2/c1-34-23-14-18(11-12-22(23)35-15-19-9-5-6-10-21(19)28)13-20-24(29)32-26(30-25(20)33)37-31-27(32)36-16-17-7-3-2-4-8-17/h2-14,29H,15-16H2,1H3/b20-13-,29-24?. The van der Waals surface area contributed by atoms with Crippen molar-refractivity contribution in [2.75, 3.05) is 7.11 Å². The molecule has 3 aromatic carbocycles. The number of fused-ring (bicyclic) bond motifs is 1. The van der Waals surface area contributed by atoms with Crippen LogP contribution < -0.4 is 9.47 Å². The van der Waals surface area contributed by atoms with Gasteiger partial charge in [-0.25, -0.2) is 4.90 Å². The Bertz CT molecular complexity index is 1460. The number of nitrogens with one attached hydrogen (secondary N) is 1. The molecule has 0 atom stereocenters. The monoisotopic (exact) mass is 548 g/mol. The van der Waals surface area contributed by atoms with Crippen LogP contribution in [-0.4, -0.2) is 34.1 Å². The van der Waals surface area contributed by atoms with Crippen LogP contribution in [-0.2, 0) is 17.2 Å². The fourth-order valence-electron chi connectivity index (χ4n) is 3.65. The Morgan fingerprint density at radius 3 is 2.65 bits per heavy atom. The highest BCUT2D eigenvalue weighted by molar-refractivity contribution is 8.18. The average Bonchev–Trinajstić information content (AvgIpc) is 3.33. The van der Waals surface area contributed by atoms with Crippen LogP contribution in [0.2, 0.25) is 5.02 Å². The molecular formula is C27H21ClN4O3S2. The van der Waals surface area contributed by atoms with Gasteiger partial charge in [-0.2, -0.15) is 9.39 Å². The summed E-state index contributed by atoms with van der Waals surface area (Å²) in [6.07, 6.45) is 1.63. The molecule has 2 heterocycles. The van der Waals surface area contributed by atoms with E-state index in [1.807, 2.05) is 54.6 Å². The maximum Gasteiger partial charge on any atom is 0.283 e. The molecule has 3 aromatic rings. The Morgan fingerprint density at radius 1 is 1.08 bits per heavy atom. The van der Waals surface area contributed by atoms with Crippen LogP contribution in [0.3, 0.4) is 0 Å². The third-order valence-corrected chi connectivity index (χ3v) is 7.74. The molecule has 0 unspecified atom stereocenters. The number of aliphatic imine (C=N–C) groups is 1. The van der Waals surface area contributed by atoms with Crippen LogP contribution >= 0.6 is 35.3 Å². The number of benzene rings is 3. The number of rotatable bonds is 7. The number of carbonyl (C=O) groups excluding carboxylic acids is 1. The Morgan fingerprint density at radius 2 is 1.86 bits per heavy atom. The Hall–Kier alpha value is -3.53. The van der Waals surface area contributed by atoms with Gasteiger partial charge in [0.05, 0.1) is 24.6 Å². The lowest BCUT2D eigenvalue weighted by atomic mass is 10.1. The van der Waals surface area contributed by atoms with Crippen LogP contribution in [0.15, 0.2) is 87.8 Å². The van der Waals surface area contributed by atoms with Crippen LogP contribution in [0.4, 0.5) is 0 Å². The molecule has 37 heavy (non-hydrogen) atoms. The first-order chi connectivity index (χ1) is 18.0. The first kappa shape index (κ1) is 25.1. The van der Waals surface area contributed by atoms with Crippen molar-refractivity contribution in [3.8, 4) is 11.5 Å². The number of thioether (sulfide) groups is 1. The molecule has 10 heteroatoms. The first-order valence-corrected chi connectivity index (χ1v) is 13.4. The maximum absolute atomic E-state index is 12.8. The third-order valence-electron chi connectivity index (χ3n) is 5.54. The lowest BCUT2D eigenvalue weighted by Crippen LogP contribution is -2.41. The number of hydrogen-bond donors (Lipinski definition) is 1. The zero-order valence-corrected chi connectivity index (χ0v) is 22.1. The van der Waals surface area contributed by atoms with E-state index in [2.05, 4.69) is 9.39 Å². The Labute approximate surface area is 227 Å². The first-order valence-electron chi connectivity index (χ1n) is 11.2. The second kappa shape index (κ2) is 11.2. The minimum absolute atomic E-state index is 0.0392. The van der Waals surface area contributed by atoms with Crippen molar-refractivity contribution >= 4 is 63.5 Å². The summed E-state index contributed by atoms with van der Waals surface area (Å²) in [5, 5.41) is 10.4. The largest absolute Gasteiger partial charge is 0.493 e. The van der Waals surface area contributed by atoms with Gasteiger partial charge in [0.1, 0.15) is 12.4 Å². The van der Waals surface area contributed by atoms with Crippen molar-refractivity contribution in [2.24, 2.45) is 9.39 Å². The van der Waals surface area contributed by atoms with Gasteiger partial charge in [0.25, 0.3) is 5.91 Å². The predicted octanol–water partition coefficient (Wildman–Crippen LogP) is 6.44. The van der Waals surface area contributed by atoms with E-state index in [4.69, 9.17) is 26.5 Å². The van der Waals surface area contributed by atoms with Crippen LogP contribution in [0.1, 0.15) is 16.7 Å². The molecule has 1 N–H and O–H groups in total. The van der Waals surface area contributed by atoms with Gasteiger partial charge in [0.2, 0.25) is 5.17 Å². The van der Waals surface area contributed by atoms with Crippen LogP contribution in [0.5, 0.6) is 11.5 Å². The van der Waals surface area contributed by atoms with Gasteiger partial charge in [0.15, 0.2) is 16.7 Å². The average molecular weight is 549 g/mol. The van der Waals surface area contributed by atoms with Crippen molar-refractivity contribution in [3.63, 3.8) is 0 Å². The van der Waals surface area contributed by atoms with Gasteiger partial charge in [-0.1, -0.05) is 78.0 Å². The van der Waals surface area contributed by atoms with Gasteiger partial charge < -0.3 is 9.47 Å². The molecule has 0 aliphatic carbocycles. The number of amidine groups is 3. The van der Waals surface area contributed by atoms with E-state index in [0.29, 0.717) is 38.2 Å². The van der Waals surface area contributed by atoms with Crippen molar-refractivity contribution in [1.29, 1.82) is 5.41 Å². The van der Waals surface area contributed by atoms with E-state index >= 15 is 0 Å². The second-order valence-electron chi connectivity index (χ2n) is 7.97. The zero-order chi connectivity index (χ0) is 25.8. The molecule has 1 amide bonds. The molecule has 0 radical (unpaired) electrons. The van der Waals surface area contributed by atoms with E-state index in [9.17, 15) is 4.79 Å². The van der Waals surface area contributed by atoms with E-state index in [1.54, 1.807) is 36.3 Å². The summed E-state index contributed by atoms with van der Waals surface area (Å²) in [7, 11) is 1.55. The summed E-state index contributed by atoms with van der Waals surface area (Å²) in [5.41, 5.74) is 2.85. The van der Waals surface area contributed by atoms with E-state index in [0.717, 1.165) is 23.1 Å². The number of halogens is 1. The summed E-state index contributed by atoms with van der Waals surface area (Å²) >= 11 is 8.83. The highest BCUT2D eigenvalue weighted by atomic mass is 35.5. The van der Waals surface area contributed by atoms with E-state index in [1.165, 1.54) is 11.8 Å². The summed E-state index contributed by atoms with van der Waals surface area (Å²) in [6, 6.07) is 22.8. The highest BCUT2D eigenvalue weighted by Gasteiger charge is 2.37. The molecule has 0 fully saturated rings. The van der Waals surface area contributed by atoms with Gasteiger partial charge in [-0.05, 0) is 35.4 Å². The second-order valence-corrected chi connectivity index (χ2v) is 10.1. The molecule has 0 aromatic heterocycles. The molecule has 0 saturated carbocycles. The molecule has 5 rings (SSSR count). The van der Waals surface area contributed by atoms with Crippen molar-refractivity contribution in [2.45, 2.75) is 12.4 Å². The molecular weight excluding hydrogens is 528 g/mol. The fraction of sp³-hybridized carbons (Fsp3) is 0.111. The summed E-state index contributed by atoms with van der Waals surface area (Å²) < 4.78 is 15.9.